The molecule has 0 spiro atoms. The Morgan fingerprint density at radius 1 is 0.410 bits per heavy atom. The fraction of sp³-hybridized carbons (Fsp3) is 0.427. The summed E-state index contributed by atoms with van der Waals surface area (Å²) < 4.78 is 10.9. The van der Waals surface area contributed by atoms with Gasteiger partial charge in [-0.2, -0.15) is 10.2 Å². The van der Waals surface area contributed by atoms with Crippen LogP contribution in [-0.2, 0) is 52.6 Å². The molecule has 28 nitrogen and oxygen atoms in total. The standard InChI is InChI=1S/C49H64N6O10.C22H34O4.C17H17N5O3.CH4/c1-6-8-28-65-49(64)37(21-20-31(3)32(4)56)27-26-36(25-24-35(23-22-34(7-2)48(62)63)45(59)51-39-15-10-9-11-16-39)46(60)52-40-17-13-18-41(30-40)53-47(61)43(33(5)57)55-54-42-19-12-14-38(29-42)44(50)58;1-4-6-16-26-22(25)17(3)12-13-20(19-10-8-7-9-11-19)15-14-18(5-2)21(23)24;1-10(23)15(17(25)20-13-6-3-5-12(18)9-13)22-21-14-7-2-4-11(8-14)16(19)24;/h9-19,29-31,34-37,57H,6-8,20-28H2,1-5H3,(H2,50,58)(H,51,59)(H,52,60)(H,53,61)(H,62,63);7-11,17-18,20H,4-6,12-16H2,1-3H3,(H,23,24);2-9,23H,18H2,1H3,(H2,19,24)(H,20,25);1H4. The van der Waals surface area contributed by atoms with E-state index in [0.29, 0.717) is 73.6 Å². The van der Waals surface area contributed by atoms with Gasteiger partial charge in [0.25, 0.3) is 11.8 Å². The highest BCUT2D eigenvalue weighted by molar-refractivity contribution is 6.05. The van der Waals surface area contributed by atoms with Gasteiger partial charge in [0.15, 0.2) is 11.4 Å². The van der Waals surface area contributed by atoms with Gasteiger partial charge in [-0.3, -0.25) is 52.7 Å². The van der Waals surface area contributed by atoms with Gasteiger partial charge in [-0.1, -0.05) is 135 Å². The molecule has 0 bridgehead atoms. The summed E-state index contributed by atoms with van der Waals surface area (Å²) in [5.74, 6) is -9.45. The van der Waals surface area contributed by atoms with Gasteiger partial charge in [0.2, 0.25) is 23.6 Å². The largest absolute Gasteiger partial charge is 0.510 e. The van der Waals surface area contributed by atoms with E-state index in [0.717, 1.165) is 38.5 Å². The van der Waals surface area contributed by atoms with Crippen molar-refractivity contribution in [2.45, 2.75) is 191 Å². The predicted molar refractivity (Wildman–Crippen MR) is 453 cm³/mol. The van der Waals surface area contributed by atoms with Crippen molar-refractivity contribution < 1.29 is 82.6 Å². The van der Waals surface area contributed by atoms with Crippen molar-refractivity contribution in [2.75, 3.05) is 40.2 Å². The third-order valence-electron chi connectivity index (χ3n) is 19.4. The third kappa shape index (κ3) is 37.3. The van der Waals surface area contributed by atoms with Gasteiger partial charge < -0.3 is 68.4 Å². The van der Waals surface area contributed by atoms with Gasteiger partial charge in [0, 0.05) is 57.3 Å². The van der Waals surface area contributed by atoms with Gasteiger partial charge >= 0.3 is 23.9 Å². The lowest BCUT2D eigenvalue weighted by Crippen LogP contribution is -2.29. The number of nitrogen functional groups attached to an aromatic ring is 1. The number of ketones is 1. The Bertz CT molecular complexity index is 4330. The second-order valence-corrected chi connectivity index (χ2v) is 28.6. The van der Waals surface area contributed by atoms with Crippen LogP contribution >= 0.6 is 0 Å². The number of primary amides is 2. The van der Waals surface area contributed by atoms with Gasteiger partial charge in [-0.25, -0.2) is 0 Å². The highest BCUT2D eigenvalue weighted by Crippen LogP contribution is 2.33. The first-order chi connectivity index (χ1) is 55.4. The summed E-state index contributed by atoms with van der Waals surface area (Å²) in [5.41, 5.74) is 19.8. The summed E-state index contributed by atoms with van der Waals surface area (Å²) in [5, 5.41) is 65.7. The number of carboxylic acid groups (broad SMARTS) is 2. The average Bonchev–Trinajstić information content (AvgIpc) is 0.851. The molecule has 0 saturated heterocycles. The van der Waals surface area contributed by atoms with Crippen LogP contribution in [0.5, 0.6) is 0 Å². The lowest BCUT2D eigenvalue weighted by Gasteiger charge is -2.24. The molecule has 6 amide bonds. The van der Waals surface area contributed by atoms with Crippen LogP contribution in [0.25, 0.3) is 0 Å². The fourth-order valence-corrected chi connectivity index (χ4v) is 12.0. The van der Waals surface area contributed by atoms with E-state index in [1.54, 1.807) is 85.8 Å². The number of nitrogens with one attached hydrogen (secondary N) is 4. The molecule has 8 unspecified atom stereocenters. The van der Waals surface area contributed by atoms with Gasteiger partial charge in [-0.05, 0) is 220 Å². The summed E-state index contributed by atoms with van der Waals surface area (Å²) in [7, 11) is 0. The molecule has 632 valence electrons. The molecule has 117 heavy (non-hydrogen) atoms. The molecular weight excluding hydrogens is 1500 g/mol. The second kappa shape index (κ2) is 53.8. The van der Waals surface area contributed by atoms with Crippen LogP contribution in [0.3, 0.4) is 0 Å². The number of ether oxygens (including phenoxy) is 2. The van der Waals surface area contributed by atoms with Crippen LogP contribution in [-0.4, -0.2) is 98.7 Å². The number of aliphatic carboxylic acids is 2. The number of Topliss-reactive ketones (excluding diaryl/α,β-unsaturated/α-hetero) is 1. The van der Waals surface area contributed by atoms with Crippen LogP contribution < -0.4 is 38.5 Å². The van der Waals surface area contributed by atoms with Crippen molar-refractivity contribution in [1.29, 1.82) is 0 Å². The number of amides is 6. The summed E-state index contributed by atoms with van der Waals surface area (Å²) in [6.07, 6.45) is 9.86. The number of rotatable bonds is 46. The maximum absolute atomic E-state index is 14.3. The van der Waals surface area contributed by atoms with E-state index in [9.17, 15) is 73.2 Å². The van der Waals surface area contributed by atoms with E-state index in [1.807, 2.05) is 52.0 Å². The zero-order chi connectivity index (χ0) is 85.7. The van der Waals surface area contributed by atoms with Crippen molar-refractivity contribution in [3.05, 3.63) is 197 Å². The van der Waals surface area contributed by atoms with Gasteiger partial charge in [0.05, 0.1) is 48.3 Å². The number of allylic oxidation sites excluding steroid dienone is 2. The summed E-state index contributed by atoms with van der Waals surface area (Å²) >= 11 is 0. The zero-order valence-corrected chi connectivity index (χ0v) is 67.9. The number of nitrogens with zero attached hydrogens (tertiary/aromatic N) is 4. The summed E-state index contributed by atoms with van der Waals surface area (Å²) in [4.78, 5) is 137. The number of benzene rings is 6. The molecule has 0 saturated carbocycles. The molecule has 0 aliphatic carbocycles. The Kier molecular flexibility index (Phi) is 45.5. The molecule has 14 N–H and O–H groups in total. The molecule has 0 aromatic heterocycles. The van der Waals surface area contributed by atoms with Gasteiger partial charge in [0.1, 0.15) is 17.3 Å². The Balaban J connectivity index is 0.000000552. The predicted octanol–water partition coefficient (Wildman–Crippen LogP) is 18.5. The number of carboxylic acids is 2. The highest BCUT2D eigenvalue weighted by atomic mass is 16.5. The maximum atomic E-state index is 14.3. The normalized spacial score (nSPS) is 13.5. The third-order valence-corrected chi connectivity index (χ3v) is 19.4. The topological polar surface area (TPSA) is 463 Å². The number of hydrogen-bond donors (Lipinski definition) is 11. The minimum atomic E-state index is -0.947. The Morgan fingerprint density at radius 2 is 0.786 bits per heavy atom. The molecule has 0 aliphatic heterocycles. The lowest BCUT2D eigenvalue weighted by molar-refractivity contribution is -0.150. The van der Waals surface area contributed by atoms with E-state index in [2.05, 4.69) is 60.8 Å². The fourth-order valence-electron chi connectivity index (χ4n) is 12.0. The average molecular weight is 1610 g/mol. The van der Waals surface area contributed by atoms with Crippen molar-refractivity contribution in [1.82, 2.24) is 0 Å². The molecule has 6 aromatic carbocycles. The molecule has 28 heteroatoms. The molecule has 0 fully saturated rings. The smallest absolute Gasteiger partial charge is 0.308 e. The van der Waals surface area contributed by atoms with Crippen molar-refractivity contribution >= 4 is 105 Å². The number of esters is 2. The van der Waals surface area contributed by atoms with Gasteiger partial charge in [-0.15, -0.1) is 10.2 Å². The van der Waals surface area contributed by atoms with Crippen LogP contribution in [0.1, 0.15) is 218 Å². The first-order valence-corrected chi connectivity index (χ1v) is 39.4. The van der Waals surface area contributed by atoms with E-state index in [4.69, 9.17) is 26.7 Å². The second-order valence-electron chi connectivity index (χ2n) is 28.6. The number of hydrogen-bond acceptors (Lipinski definition) is 20. The monoisotopic (exact) mass is 1610 g/mol. The molecule has 8 atom stereocenters. The quantitative estimate of drug-likeness (QED) is 0.00422. The van der Waals surface area contributed by atoms with E-state index in [-0.39, 0.29) is 128 Å². The maximum Gasteiger partial charge on any atom is 0.308 e. The van der Waals surface area contributed by atoms with Crippen LogP contribution in [0.15, 0.2) is 201 Å². The molecule has 0 radical (unpaired) electrons. The number of azo groups is 2. The van der Waals surface area contributed by atoms with Crippen LogP contribution in [0, 0.1) is 41.4 Å². The number of carbonyl (C=O) groups excluding carboxylic acids is 9. The molecular formula is C89H119N11O17. The number of para-hydroxylation sites is 1. The number of aliphatic hydroxyl groups excluding tert-OH is 2. The van der Waals surface area contributed by atoms with Crippen molar-refractivity contribution in [3.8, 4) is 0 Å². The SMILES string of the molecule is C.CC(O)=C(N=Nc1cccc(C(N)=O)c1)C(=O)Nc1cccc(N)c1.CCCCOC(=O)C(C)CCC(CCC(CC)C(=O)O)c1ccccc1.CCCCOC(=O)C(CCC(C)C(C)=O)CCC(CCC(CCC(CC)C(=O)O)C(=O)Nc1ccccc1)C(=O)Nc1cccc(NC(=O)C(N=Nc2cccc(C(N)=O)c2)=C(C)O)c1. The van der Waals surface area contributed by atoms with Crippen LogP contribution in [0.2, 0.25) is 0 Å². The number of aliphatic hydroxyl groups is 2. The Morgan fingerprint density at radius 3 is 1.22 bits per heavy atom. The minimum absolute atomic E-state index is 0. The Hall–Kier alpha value is -12.2. The van der Waals surface area contributed by atoms with E-state index < -0.39 is 82.6 Å². The van der Waals surface area contributed by atoms with E-state index in [1.165, 1.54) is 68.8 Å². The highest BCUT2D eigenvalue weighted by Gasteiger charge is 2.31. The van der Waals surface area contributed by atoms with E-state index >= 15 is 0 Å². The molecule has 6 rings (SSSR count). The summed E-state index contributed by atoms with van der Waals surface area (Å²) in [6.45, 7) is 16.3. The number of anilines is 5. The number of nitrogens with two attached hydrogens (primary N) is 3. The van der Waals surface area contributed by atoms with Crippen molar-refractivity contribution in [3.63, 3.8) is 0 Å². The molecule has 6 aromatic rings. The lowest BCUT2D eigenvalue weighted by atomic mass is 9.84. The Labute approximate surface area is 686 Å². The first-order valence-electron chi connectivity index (χ1n) is 39.4. The first kappa shape index (κ1) is 99.0. The molecule has 0 aliphatic rings. The zero-order valence-electron chi connectivity index (χ0n) is 67.9. The number of carbonyl (C=O) groups is 11. The minimum Gasteiger partial charge on any atom is -0.510 e. The van der Waals surface area contributed by atoms with Crippen molar-refractivity contribution in [2.24, 2.45) is 73.3 Å². The number of unbranched alkanes of at least 4 members (excludes halogenated alkanes) is 2. The molecule has 0 heterocycles. The van der Waals surface area contributed by atoms with Crippen LogP contribution in [0.4, 0.5) is 39.8 Å². The summed E-state index contributed by atoms with van der Waals surface area (Å²) in [6, 6.07) is 44.0.